The molecule has 146 valence electrons. The molecule has 2 aromatic carbocycles. The maximum Gasteiger partial charge on any atom is 0.263 e. The lowest BCUT2D eigenvalue weighted by atomic mass is 10.1. The summed E-state index contributed by atoms with van der Waals surface area (Å²) in [6.45, 7) is 3.82. The highest BCUT2D eigenvalue weighted by Gasteiger charge is 2.23. The predicted octanol–water partition coefficient (Wildman–Crippen LogP) is 6.24. The van der Waals surface area contributed by atoms with Gasteiger partial charge in [0.05, 0.1) is 10.7 Å². The summed E-state index contributed by atoms with van der Waals surface area (Å²) in [6.07, 6.45) is 0.991. The van der Waals surface area contributed by atoms with Gasteiger partial charge in [-0.3, -0.25) is 10.1 Å². The van der Waals surface area contributed by atoms with Crippen LogP contribution < -0.4 is 5.32 Å². The predicted molar refractivity (Wildman–Crippen MR) is 117 cm³/mol. The average Bonchev–Trinajstić information content (AvgIpc) is 3.35. The SMILES string of the molecule is CCc1ccc(-c2csc(NC(=O)c3c(-c4ccccc4Cl)noc3C)n2)cc1. The summed E-state index contributed by atoms with van der Waals surface area (Å²) in [5.41, 5.74) is 4.51. The van der Waals surface area contributed by atoms with Crippen LogP contribution in [0.5, 0.6) is 0 Å². The van der Waals surface area contributed by atoms with Crippen LogP contribution in [-0.4, -0.2) is 16.0 Å². The van der Waals surface area contributed by atoms with E-state index in [0.29, 0.717) is 32.7 Å². The van der Waals surface area contributed by atoms with E-state index in [1.165, 1.54) is 16.9 Å². The molecule has 0 atom stereocenters. The molecule has 7 heteroatoms. The molecule has 4 aromatic rings. The first-order valence-corrected chi connectivity index (χ1v) is 10.4. The monoisotopic (exact) mass is 423 g/mol. The Morgan fingerprint density at radius 2 is 1.93 bits per heavy atom. The third-order valence-corrected chi connectivity index (χ3v) is 5.69. The van der Waals surface area contributed by atoms with E-state index in [1.807, 2.05) is 29.6 Å². The molecule has 0 aliphatic carbocycles. The number of aromatic nitrogens is 2. The topological polar surface area (TPSA) is 68.0 Å². The summed E-state index contributed by atoms with van der Waals surface area (Å²) in [5, 5.41) is 9.83. The van der Waals surface area contributed by atoms with Crippen LogP contribution in [0.15, 0.2) is 58.4 Å². The highest BCUT2D eigenvalue weighted by molar-refractivity contribution is 7.14. The number of carbonyl (C=O) groups excluding carboxylic acids is 1. The van der Waals surface area contributed by atoms with Gasteiger partial charge in [0.1, 0.15) is 17.0 Å². The minimum atomic E-state index is -0.332. The number of hydrogen-bond acceptors (Lipinski definition) is 5. The Labute approximate surface area is 177 Å². The molecule has 5 nitrogen and oxygen atoms in total. The van der Waals surface area contributed by atoms with Crippen LogP contribution in [0.25, 0.3) is 22.5 Å². The van der Waals surface area contributed by atoms with Gasteiger partial charge in [0, 0.05) is 16.5 Å². The molecule has 1 N–H and O–H groups in total. The van der Waals surface area contributed by atoms with Crippen LogP contribution in [0.2, 0.25) is 5.02 Å². The fourth-order valence-corrected chi connectivity index (χ4v) is 3.95. The summed E-state index contributed by atoms with van der Waals surface area (Å²) < 4.78 is 5.27. The van der Waals surface area contributed by atoms with Crippen LogP contribution >= 0.6 is 22.9 Å². The van der Waals surface area contributed by atoms with Gasteiger partial charge in [-0.1, -0.05) is 66.1 Å². The molecule has 0 spiro atoms. The van der Waals surface area contributed by atoms with Crippen molar-refractivity contribution in [2.24, 2.45) is 0 Å². The Balaban J connectivity index is 1.59. The van der Waals surface area contributed by atoms with Gasteiger partial charge in [-0.2, -0.15) is 0 Å². The standard InChI is InChI=1S/C22H18ClN3O2S/c1-3-14-8-10-15(11-9-14)18-12-29-22(24-18)25-21(27)19-13(2)28-26-20(19)16-6-4-5-7-17(16)23/h4-12H,3H2,1-2H3,(H,24,25,27). The molecule has 0 saturated heterocycles. The molecule has 1 amide bonds. The average molecular weight is 424 g/mol. The van der Waals surface area contributed by atoms with E-state index < -0.39 is 0 Å². The number of anilines is 1. The number of halogens is 1. The van der Waals surface area contributed by atoms with Crippen molar-refractivity contribution in [2.75, 3.05) is 5.32 Å². The number of rotatable bonds is 5. The molecule has 0 aliphatic rings. The van der Waals surface area contributed by atoms with E-state index in [4.69, 9.17) is 16.1 Å². The van der Waals surface area contributed by atoms with Crippen molar-refractivity contribution in [1.82, 2.24) is 10.1 Å². The summed E-state index contributed by atoms with van der Waals surface area (Å²) in [7, 11) is 0. The Morgan fingerprint density at radius 1 is 1.17 bits per heavy atom. The number of hydrogen-bond donors (Lipinski definition) is 1. The Bertz CT molecular complexity index is 1170. The molecule has 2 aromatic heterocycles. The molecule has 29 heavy (non-hydrogen) atoms. The Hall–Kier alpha value is -2.96. The van der Waals surface area contributed by atoms with E-state index in [9.17, 15) is 4.79 Å². The van der Waals surface area contributed by atoms with Crippen molar-refractivity contribution >= 4 is 34.0 Å². The minimum absolute atomic E-state index is 0.332. The third kappa shape index (κ3) is 3.95. The molecule has 0 radical (unpaired) electrons. The van der Waals surface area contributed by atoms with Crippen LogP contribution in [0.4, 0.5) is 5.13 Å². The molecule has 2 heterocycles. The molecule has 0 aliphatic heterocycles. The second-order valence-corrected chi connectivity index (χ2v) is 7.75. The van der Waals surface area contributed by atoms with Gasteiger partial charge in [0.2, 0.25) is 0 Å². The van der Waals surface area contributed by atoms with Gasteiger partial charge in [0.25, 0.3) is 5.91 Å². The number of thiazole rings is 1. The lowest BCUT2D eigenvalue weighted by molar-refractivity contribution is 0.102. The molecule has 0 fully saturated rings. The highest BCUT2D eigenvalue weighted by Crippen LogP contribution is 2.32. The van der Waals surface area contributed by atoms with Crippen molar-refractivity contribution in [3.63, 3.8) is 0 Å². The molecule has 0 bridgehead atoms. The molecular weight excluding hydrogens is 406 g/mol. The number of benzene rings is 2. The fourth-order valence-electron chi connectivity index (χ4n) is 3.01. The molecule has 4 rings (SSSR count). The van der Waals surface area contributed by atoms with Crippen LogP contribution in [0.3, 0.4) is 0 Å². The van der Waals surface area contributed by atoms with E-state index >= 15 is 0 Å². The number of nitrogens with zero attached hydrogens (tertiary/aromatic N) is 2. The Kier molecular flexibility index (Phi) is 5.47. The first-order valence-electron chi connectivity index (χ1n) is 9.14. The van der Waals surface area contributed by atoms with Crippen molar-refractivity contribution in [3.8, 4) is 22.5 Å². The fraction of sp³-hybridized carbons (Fsp3) is 0.136. The van der Waals surface area contributed by atoms with Gasteiger partial charge in [0.15, 0.2) is 5.13 Å². The second kappa shape index (κ2) is 8.19. The van der Waals surface area contributed by atoms with Crippen LogP contribution in [-0.2, 0) is 6.42 Å². The zero-order valence-electron chi connectivity index (χ0n) is 15.9. The summed E-state index contributed by atoms with van der Waals surface area (Å²) in [6, 6.07) is 15.5. The molecular formula is C22H18ClN3O2S. The van der Waals surface area contributed by atoms with E-state index in [2.05, 4.69) is 34.5 Å². The summed E-state index contributed by atoms with van der Waals surface area (Å²) in [5.74, 6) is 0.0882. The maximum atomic E-state index is 12.9. The molecule has 0 saturated carbocycles. The van der Waals surface area contributed by atoms with Gasteiger partial charge in [-0.25, -0.2) is 4.98 Å². The first kappa shape index (κ1) is 19.4. The normalized spacial score (nSPS) is 10.9. The third-order valence-electron chi connectivity index (χ3n) is 4.60. The largest absolute Gasteiger partial charge is 0.360 e. The zero-order chi connectivity index (χ0) is 20.4. The maximum absolute atomic E-state index is 12.9. The van der Waals surface area contributed by atoms with E-state index in [0.717, 1.165) is 17.7 Å². The second-order valence-electron chi connectivity index (χ2n) is 6.48. The van der Waals surface area contributed by atoms with Gasteiger partial charge < -0.3 is 4.52 Å². The molecule has 0 unspecified atom stereocenters. The van der Waals surface area contributed by atoms with Crippen molar-refractivity contribution in [3.05, 3.63) is 75.8 Å². The number of amides is 1. The minimum Gasteiger partial charge on any atom is -0.360 e. The number of aryl methyl sites for hydroxylation is 2. The van der Waals surface area contributed by atoms with Crippen molar-refractivity contribution in [2.45, 2.75) is 20.3 Å². The van der Waals surface area contributed by atoms with Gasteiger partial charge in [-0.15, -0.1) is 11.3 Å². The van der Waals surface area contributed by atoms with E-state index in [-0.39, 0.29) is 5.91 Å². The smallest absolute Gasteiger partial charge is 0.263 e. The Morgan fingerprint density at radius 3 is 2.66 bits per heavy atom. The lowest BCUT2D eigenvalue weighted by Gasteiger charge is -2.04. The highest BCUT2D eigenvalue weighted by atomic mass is 35.5. The van der Waals surface area contributed by atoms with Crippen LogP contribution in [0, 0.1) is 6.92 Å². The summed E-state index contributed by atoms with van der Waals surface area (Å²) in [4.78, 5) is 17.5. The van der Waals surface area contributed by atoms with Crippen LogP contribution in [0.1, 0.15) is 28.6 Å². The quantitative estimate of drug-likeness (QED) is 0.412. The lowest BCUT2D eigenvalue weighted by Crippen LogP contribution is -2.13. The van der Waals surface area contributed by atoms with Gasteiger partial charge >= 0.3 is 0 Å². The van der Waals surface area contributed by atoms with Crippen molar-refractivity contribution < 1.29 is 9.32 Å². The van der Waals surface area contributed by atoms with Crippen molar-refractivity contribution in [1.29, 1.82) is 0 Å². The van der Waals surface area contributed by atoms with E-state index in [1.54, 1.807) is 19.1 Å². The first-order chi connectivity index (χ1) is 14.1. The summed E-state index contributed by atoms with van der Waals surface area (Å²) >= 11 is 7.64. The van der Waals surface area contributed by atoms with Gasteiger partial charge in [-0.05, 0) is 25.0 Å². The number of nitrogens with one attached hydrogen (secondary N) is 1. The number of carbonyl (C=O) groups is 1. The zero-order valence-corrected chi connectivity index (χ0v) is 17.5.